The van der Waals surface area contributed by atoms with Gasteiger partial charge in [-0.3, -0.25) is 0 Å². The first-order valence-electron chi connectivity index (χ1n) is 5.62. The third-order valence-electron chi connectivity index (χ3n) is 2.89. The van der Waals surface area contributed by atoms with Gasteiger partial charge in [0.1, 0.15) is 0 Å². The molecule has 1 aliphatic carbocycles. The van der Waals surface area contributed by atoms with Crippen molar-refractivity contribution >= 4 is 5.97 Å². The Morgan fingerprint density at radius 1 is 1.36 bits per heavy atom. The lowest BCUT2D eigenvalue weighted by molar-refractivity contribution is -0.137. The summed E-state index contributed by atoms with van der Waals surface area (Å²) >= 11 is 0. The Hall–Kier alpha value is -0.790. The smallest absolute Gasteiger partial charge is 0.330 e. The van der Waals surface area contributed by atoms with E-state index in [2.05, 4.69) is 6.58 Å². The van der Waals surface area contributed by atoms with Crippen LogP contribution in [-0.2, 0) is 9.53 Å². The largest absolute Gasteiger partial charge is 0.463 e. The zero-order chi connectivity index (χ0) is 10.2. The molecule has 0 aromatic heterocycles. The Kier molecular flexibility index (Phi) is 5.35. The zero-order valence-corrected chi connectivity index (χ0v) is 8.84. The molecule has 2 heteroatoms. The van der Waals surface area contributed by atoms with Crippen LogP contribution in [0, 0.1) is 5.92 Å². The molecule has 0 saturated heterocycles. The Bertz CT molecular complexity index is 181. The average Bonchev–Trinajstić information content (AvgIpc) is 2.25. The summed E-state index contributed by atoms with van der Waals surface area (Å²) in [5, 5.41) is 0. The number of rotatable bonds is 5. The first-order chi connectivity index (χ1) is 6.83. The first kappa shape index (κ1) is 11.3. The van der Waals surface area contributed by atoms with Gasteiger partial charge in [0.05, 0.1) is 6.61 Å². The highest BCUT2D eigenvalue weighted by molar-refractivity contribution is 5.81. The van der Waals surface area contributed by atoms with Crippen LogP contribution in [0.2, 0.25) is 0 Å². The van der Waals surface area contributed by atoms with Crippen molar-refractivity contribution in [2.24, 2.45) is 5.92 Å². The summed E-state index contributed by atoms with van der Waals surface area (Å²) in [7, 11) is 0. The molecule has 0 aromatic rings. The van der Waals surface area contributed by atoms with E-state index < -0.39 is 0 Å². The molecule has 2 nitrogen and oxygen atoms in total. The summed E-state index contributed by atoms with van der Waals surface area (Å²) < 4.78 is 4.93. The van der Waals surface area contributed by atoms with Crippen LogP contribution in [0.5, 0.6) is 0 Å². The Morgan fingerprint density at radius 2 is 2.07 bits per heavy atom. The van der Waals surface area contributed by atoms with Gasteiger partial charge < -0.3 is 4.74 Å². The van der Waals surface area contributed by atoms with Crippen molar-refractivity contribution in [3.63, 3.8) is 0 Å². The second-order valence-electron chi connectivity index (χ2n) is 4.02. The van der Waals surface area contributed by atoms with Crippen LogP contribution in [0.1, 0.15) is 44.9 Å². The van der Waals surface area contributed by atoms with Crippen molar-refractivity contribution in [2.45, 2.75) is 44.9 Å². The zero-order valence-electron chi connectivity index (χ0n) is 8.84. The topological polar surface area (TPSA) is 26.3 Å². The Labute approximate surface area is 86.3 Å². The van der Waals surface area contributed by atoms with Crippen molar-refractivity contribution in [2.75, 3.05) is 6.61 Å². The van der Waals surface area contributed by atoms with Crippen LogP contribution in [0.4, 0.5) is 0 Å². The van der Waals surface area contributed by atoms with Gasteiger partial charge in [-0.25, -0.2) is 4.79 Å². The summed E-state index contributed by atoms with van der Waals surface area (Å²) in [6.45, 7) is 3.91. The van der Waals surface area contributed by atoms with E-state index in [0.717, 1.165) is 12.3 Å². The molecule has 0 aliphatic heterocycles. The van der Waals surface area contributed by atoms with E-state index in [1.807, 2.05) is 0 Å². The van der Waals surface area contributed by atoms with Crippen LogP contribution in [-0.4, -0.2) is 12.6 Å². The highest BCUT2D eigenvalue weighted by atomic mass is 16.5. The number of hydrogen-bond acceptors (Lipinski definition) is 2. The molecule has 0 spiro atoms. The molecule has 1 rings (SSSR count). The number of carbonyl (C=O) groups is 1. The van der Waals surface area contributed by atoms with Gasteiger partial charge in [0.2, 0.25) is 0 Å². The monoisotopic (exact) mass is 196 g/mol. The molecule has 1 saturated carbocycles. The molecule has 1 aliphatic rings. The molecule has 0 radical (unpaired) electrons. The fourth-order valence-corrected chi connectivity index (χ4v) is 2.08. The minimum atomic E-state index is -0.298. The lowest BCUT2D eigenvalue weighted by Crippen LogP contribution is -2.08. The second kappa shape index (κ2) is 6.63. The van der Waals surface area contributed by atoms with Gasteiger partial charge in [-0.1, -0.05) is 38.7 Å². The van der Waals surface area contributed by atoms with Crippen molar-refractivity contribution in [3.8, 4) is 0 Å². The predicted octanol–water partition coefficient (Wildman–Crippen LogP) is 3.08. The highest BCUT2D eigenvalue weighted by Gasteiger charge is 2.12. The van der Waals surface area contributed by atoms with Gasteiger partial charge in [0.25, 0.3) is 0 Å². The third kappa shape index (κ3) is 4.45. The molecule has 0 bridgehead atoms. The van der Waals surface area contributed by atoms with E-state index in [9.17, 15) is 4.79 Å². The van der Waals surface area contributed by atoms with Gasteiger partial charge in [0, 0.05) is 6.08 Å². The molecule has 1 fully saturated rings. The Morgan fingerprint density at radius 3 is 2.71 bits per heavy atom. The molecule has 14 heavy (non-hydrogen) atoms. The van der Waals surface area contributed by atoms with Crippen molar-refractivity contribution in [3.05, 3.63) is 12.7 Å². The van der Waals surface area contributed by atoms with Gasteiger partial charge in [-0.2, -0.15) is 0 Å². The van der Waals surface area contributed by atoms with E-state index in [1.54, 1.807) is 0 Å². The van der Waals surface area contributed by atoms with Crippen LogP contribution in [0.3, 0.4) is 0 Å². The molecule has 0 unspecified atom stereocenters. The van der Waals surface area contributed by atoms with Crippen LogP contribution >= 0.6 is 0 Å². The van der Waals surface area contributed by atoms with E-state index in [0.29, 0.717) is 6.61 Å². The van der Waals surface area contributed by atoms with Gasteiger partial charge in [-0.15, -0.1) is 0 Å². The fourth-order valence-electron chi connectivity index (χ4n) is 2.08. The van der Waals surface area contributed by atoms with Gasteiger partial charge in [-0.05, 0) is 18.8 Å². The van der Waals surface area contributed by atoms with Crippen molar-refractivity contribution in [1.29, 1.82) is 0 Å². The molecular formula is C12H20O2. The Balaban J connectivity index is 1.97. The third-order valence-corrected chi connectivity index (χ3v) is 2.89. The maximum absolute atomic E-state index is 10.7. The number of ether oxygens (including phenoxy) is 1. The molecule has 0 aromatic carbocycles. The van der Waals surface area contributed by atoms with Crippen LogP contribution in [0.15, 0.2) is 12.7 Å². The molecule has 80 valence electrons. The standard InChI is InChI=1S/C12H20O2/c1-2-12(13)14-10-6-9-11-7-4-3-5-8-11/h2,11H,1,3-10H2. The summed E-state index contributed by atoms with van der Waals surface area (Å²) in [4.78, 5) is 10.7. The van der Waals surface area contributed by atoms with Crippen molar-refractivity contribution < 1.29 is 9.53 Å². The summed E-state index contributed by atoms with van der Waals surface area (Å²) in [5.41, 5.74) is 0. The van der Waals surface area contributed by atoms with E-state index in [4.69, 9.17) is 4.74 Å². The first-order valence-corrected chi connectivity index (χ1v) is 5.62. The SMILES string of the molecule is C=CC(=O)OCCCC1CCCCC1. The van der Waals surface area contributed by atoms with Crippen molar-refractivity contribution in [1.82, 2.24) is 0 Å². The molecule has 0 N–H and O–H groups in total. The second-order valence-corrected chi connectivity index (χ2v) is 4.02. The summed E-state index contributed by atoms with van der Waals surface area (Å²) in [6, 6.07) is 0. The summed E-state index contributed by atoms with van der Waals surface area (Å²) in [5.74, 6) is 0.583. The quantitative estimate of drug-likeness (QED) is 0.384. The number of esters is 1. The number of carbonyl (C=O) groups excluding carboxylic acids is 1. The fraction of sp³-hybridized carbons (Fsp3) is 0.750. The maximum atomic E-state index is 10.7. The van der Waals surface area contributed by atoms with E-state index in [1.165, 1.54) is 44.6 Å². The average molecular weight is 196 g/mol. The normalized spacial score (nSPS) is 17.7. The minimum absolute atomic E-state index is 0.298. The maximum Gasteiger partial charge on any atom is 0.330 e. The predicted molar refractivity (Wildman–Crippen MR) is 57.0 cm³/mol. The lowest BCUT2D eigenvalue weighted by atomic mass is 9.86. The van der Waals surface area contributed by atoms with E-state index in [-0.39, 0.29) is 5.97 Å². The minimum Gasteiger partial charge on any atom is -0.463 e. The molecule has 0 heterocycles. The number of hydrogen-bond donors (Lipinski definition) is 0. The van der Waals surface area contributed by atoms with Gasteiger partial charge >= 0.3 is 5.97 Å². The molecular weight excluding hydrogens is 176 g/mol. The van der Waals surface area contributed by atoms with E-state index >= 15 is 0 Å². The highest BCUT2D eigenvalue weighted by Crippen LogP contribution is 2.27. The van der Waals surface area contributed by atoms with Crippen LogP contribution < -0.4 is 0 Å². The molecule has 0 atom stereocenters. The lowest BCUT2D eigenvalue weighted by Gasteiger charge is -2.20. The van der Waals surface area contributed by atoms with Gasteiger partial charge in [0.15, 0.2) is 0 Å². The molecule has 0 amide bonds. The van der Waals surface area contributed by atoms with Crippen LogP contribution in [0.25, 0.3) is 0 Å². The summed E-state index contributed by atoms with van der Waals surface area (Å²) in [6.07, 6.45) is 10.4.